The first kappa shape index (κ1) is 15.1. The van der Waals surface area contributed by atoms with Crippen LogP contribution in [0.1, 0.15) is 38.9 Å². The van der Waals surface area contributed by atoms with Crippen molar-refractivity contribution in [3.63, 3.8) is 0 Å². The standard InChI is InChI=1S/C19H14BrNO3/c1-9-3-8-13-16(22)14-15(11-4-6-12(20)7-5-11)21-19(23)18(14)24-17(13)10(9)2/h3-8,15H,1-2H3,(H,21,23). The Kier molecular flexibility index (Phi) is 3.35. The number of fused-ring (bicyclic) bond motifs is 2. The predicted octanol–water partition coefficient (Wildman–Crippen LogP) is 4.01. The Hall–Kier alpha value is -2.40. The molecule has 1 amide bonds. The van der Waals surface area contributed by atoms with Crippen LogP contribution in [0, 0.1) is 13.8 Å². The fraction of sp³-hybridized carbons (Fsp3) is 0.158. The van der Waals surface area contributed by atoms with E-state index >= 15 is 0 Å². The lowest BCUT2D eigenvalue weighted by Gasteiger charge is -2.12. The van der Waals surface area contributed by atoms with Gasteiger partial charge < -0.3 is 9.73 Å². The Morgan fingerprint density at radius 3 is 2.46 bits per heavy atom. The second-order valence-electron chi connectivity index (χ2n) is 6.02. The highest BCUT2D eigenvalue weighted by Gasteiger charge is 2.36. The van der Waals surface area contributed by atoms with Crippen LogP contribution >= 0.6 is 15.9 Å². The molecule has 1 N–H and O–H groups in total. The van der Waals surface area contributed by atoms with Gasteiger partial charge in [-0.15, -0.1) is 0 Å². The summed E-state index contributed by atoms with van der Waals surface area (Å²) in [5, 5.41) is 3.37. The van der Waals surface area contributed by atoms with Gasteiger partial charge in [0.25, 0.3) is 5.91 Å². The highest BCUT2D eigenvalue weighted by Crippen LogP contribution is 2.32. The van der Waals surface area contributed by atoms with Crippen LogP contribution in [0.2, 0.25) is 0 Å². The third kappa shape index (κ3) is 2.12. The Balaban J connectivity index is 2.01. The topological polar surface area (TPSA) is 59.3 Å². The number of carbonyl (C=O) groups is 1. The molecule has 2 aromatic carbocycles. The molecule has 4 rings (SSSR count). The molecule has 0 saturated heterocycles. The molecule has 24 heavy (non-hydrogen) atoms. The Morgan fingerprint density at radius 2 is 1.75 bits per heavy atom. The van der Waals surface area contributed by atoms with E-state index in [0.717, 1.165) is 21.2 Å². The maximum Gasteiger partial charge on any atom is 0.288 e. The first-order valence-corrected chi connectivity index (χ1v) is 8.40. The number of hydrogen-bond acceptors (Lipinski definition) is 3. The fourth-order valence-electron chi connectivity index (χ4n) is 3.11. The number of rotatable bonds is 1. The molecular weight excluding hydrogens is 370 g/mol. The molecule has 1 unspecified atom stereocenters. The third-order valence-corrected chi connectivity index (χ3v) is 5.12. The minimum absolute atomic E-state index is 0.120. The summed E-state index contributed by atoms with van der Waals surface area (Å²) in [6.45, 7) is 3.85. The van der Waals surface area contributed by atoms with Crippen molar-refractivity contribution in [1.82, 2.24) is 5.32 Å². The summed E-state index contributed by atoms with van der Waals surface area (Å²) in [5.74, 6) is -0.230. The largest absolute Gasteiger partial charge is 0.450 e. The summed E-state index contributed by atoms with van der Waals surface area (Å²) in [6.07, 6.45) is 0. The van der Waals surface area contributed by atoms with Crippen molar-refractivity contribution in [2.75, 3.05) is 0 Å². The van der Waals surface area contributed by atoms with Crippen molar-refractivity contribution in [3.05, 3.63) is 79.1 Å². The Bertz CT molecular complexity index is 1050. The zero-order valence-electron chi connectivity index (χ0n) is 13.1. The molecule has 5 heteroatoms. The van der Waals surface area contributed by atoms with Crippen molar-refractivity contribution in [2.45, 2.75) is 19.9 Å². The van der Waals surface area contributed by atoms with Gasteiger partial charge in [-0.05, 0) is 48.7 Å². The molecule has 1 aliphatic rings. The molecule has 1 atom stereocenters. The van der Waals surface area contributed by atoms with Crippen LogP contribution in [-0.4, -0.2) is 5.91 Å². The number of carbonyl (C=O) groups excluding carboxylic acids is 1. The highest BCUT2D eigenvalue weighted by molar-refractivity contribution is 9.10. The fourth-order valence-corrected chi connectivity index (χ4v) is 3.37. The van der Waals surface area contributed by atoms with E-state index in [4.69, 9.17) is 4.42 Å². The molecule has 0 radical (unpaired) electrons. The van der Waals surface area contributed by atoms with E-state index in [-0.39, 0.29) is 17.1 Å². The quantitative estimate of drug-likeness (QED) is 0.690. The molecular formula is C19H14BrNO3. The minimum Gasteiger partial charge on any atom is -0.450 e. The van der Waals surface area contributed by atoms with E-state index < -0.39 is 6.04 Å². The van der Waals surface area contributed by atoms with Crippen molar-refractivity contribution < 1.29 is 9.21 Å². The van der Waals surface area contributed by atoms with Gasteiger partial charge >= 0.3 is 0 Å². The summed E-state index contributed by atoms with van der Waals surface area (Å²) in [6, 6.07) is 10.7. The number of nitrogens with one attached hydrogen (secondary N) is 1. The lowest BCUT2D eigenvalue weighted by molar-refractivity contribution is 0.0938. The van der Waals surface area contributed by atoms with E-state index in [9.17, 15) is 9.59 Å². The van der Waals surface area contributed by atoms with Crippen molar-refractivity contribution in [1.29, 1.82) is 0 Å². The average Bonchev–Trinajstić information content (AvgIpc) is 2.90. The maximum atomic E-state index is 13.0. The number of hydrogen-bond donors (Lipinski definition) is 1. The normalized spacial score (nSPS) is 16.3. The second kappa shape index (κ2) is 5.31. The van der Waals surface area contributed by atoms with Crippen LogP contribution in [-0.2, 0) is 0 Å². The van der Waals surface area contributed by atoms with Crippen LogP contribution < -0.4 is 10.7 Å². The molecule has 1 aliphatic heterocycles. The van der Waals surface area contributed by atoms with Crippen LogP contribution in [0.4, 0.5) is 0 Å². The van der Waals surface area contributed by atoms with Gasteiger partial charge in [0.05, 0.1) is 17.0 Å². The molecule has 0 bridgehead atoms. The number of amides is 1. The molecule has 3 aromatic rings. The van der Waals surface area contributed by atoms with Gasteiger partial charge in [-0.3, -0.25) is 9.59 Å². The average molecular weight is 384 g/mol. The Morgan fingerprint density at radius 1 is 1.04 bits per heavy atom. The summed E-state index contributed by atoms with van der Waals surface area (Å²) in [4.78, 5) is 25.4. The van der Waals surface area contributed by atoms with Crippen molar-refractivity contribution in [3.8, 4) is 0 Å². The van der Waals surface area contributed by atoms with Crippen molar-refractivity contribution in [2.24, 2.45) is 0 Å². The van der Waals surface area contributed by atoms with Gasteiger partial charge in [0.2, 0.25) is 5.76 Å². The SMILES string of the molecule is Cc1ccc2c(=O)c3c(oc2c1C)C(=O)NC3c1ccc(Br)cc1. The van der Waals surface area contributed by atoms with Crippen molar-refractivity contribution >= 4 is 32.8 Å². The molecule has 1 aromatic heterocycles. The lowest BCUT2D eigenvalue weighted by Crippen LogP contribution is -2.21. The smallest absolute Gasteiger partial charge is 0.288 e. The molecule has 120 valence electrons. The lowest BCUT2D eigenvalue weighted by atomic mass is 9.98. The monoisotopic (exact) mass is 383 g/mol. The minimum atomic E-state index is -0.483. The van der Waals surface area contributed by atoms with Crippen LogP contribution in [0.3, 0.4) is 0 Å². The van der Waals surface area contributed by atoms with Crippen LogP contribution in [0.5, 0.6) is 0 Å². The predicted molar refractivity (Wildman–Crippen MR) is 95.4 cm³/mol. The van der Waals surface area contributed by atoms with Gasteiger partial charge in [0, 0.05) is 4.47 Å². The van der Waals surface area contributed by atoms with E-state index in [1.165, 1.54) is 0 Å². The number of halogens is 1. The molecule has 2 heterocycles. The first-order chi connectivity index (χ1) is 11.5. The van der Waals surface area contributed by atoms with E-state index in [1.54, 1.807) is 6.07 Å². The third-order valence-electron chi connectivity index (χ3n) is 4.59. The van der Waals surface area contributed by atoms with E-state index in [0.29, 0.717) is 16.5 Å². The van der Waals surface area contributed by atoms with E-state index in [2.05, 4.69) is 21.2 Å². The molecule has 0 saturated carbocycles. The van der Waals surface area contributed by atoms with Gasteiger partial charge in [0.15, 0.2) is 5.43 Å². The maximum absolute atomic E-state index is 13.0. The highest BCUT2D eigenvalue weighted by atomic mass is 79.9. The van der Waals surface area contributed by atoms with Crippen LogP contribution in [0.15, 0.2) is 50.1 Å². The van der Waals surface area contributed by atoms with Gasteiger partial charge in [0.1, 0.15) is 5.58 Å². The molecule has 4 nitrogen and oxygen atoms in total. The summed E-state index contributed by atoms with van der Waals surface area (Å²) in [7, 11) is 0. The first-order valence-electron chi connectivity index (χ1n) is 7.60. The molecule has 0 fully saturated rings. The second-order valence-corrected chi connectivity index (χ2v) is 6.93. The zero-order chi connectivity index (χ0) is 17.0. The number of benzene rings is 2. The summed E-state index contributed by atoms with van der Waals surface area (Å²) in [5.41, 5.74) is 3.48. The summed E-state index contributed by atoms with van der Waals surface area (Å²) >= 11 is 3.39. The summed E-state index contributed by atoms with van der Waals surface area (Å²) < 4.78 is 6.80. The Labute approximate surface area is 146 Å². The van der Waals surface area contributed by atoms with Crippen LogP contribution in [0.25, 0.3) is 11.0 Å². The van der Waals surface area contributed by atoms with E-state index in [1.807, 2.05) is 44.2 Å². The van der Waals surface area contributed by atoms with Gasteiger partial charge in [-0.25, -0.2) is 0 Å². The number of aryl methyl sites for hydroxylation is 2. The zero-order valence-corrected chi connectivity index (χ0v) is 14.7. The van der Waals surface area contributed by atoms with Gasteiger partial charge in [-0.2, -0.15) is 0 Å². The van der Waals surface area contributed by atoms with Gasteiger partial charge in [-0.1, -0.05) is 34.1 Å². The molecule has 0 aliphatic carbocycles. The molecule has 0 spiro atoms.